The van der Waals surface area contributed by atoms with Crippen molar-refractivity contribution in [2.24, 2.45) is 0 Å². The van der Waals surface area contributed by atoms with E-state index in [1.54, 1.807) is 12.1 Å². The van der Waals surface area contributed by atoms with Crippen LogP contribution in [0.25, 0.3) is 0 Å². The number of nitrogens with zero attached hydrogens (tertiary/aromatic N) is 1. The maximum Gasteiger partial charge on any atom is 0.417 e. The van der Waals surface area contributed by atoms with Crippen LogP contribution in [-0.4, -0.2) is 18.4 Å². The molecule has 0 aliphatic heterocycles. The molecule has 2 aromatic rings. The highest BCUT2D eigenvalue weighted by Crippen LogP contribution is 2.36. The Labute approximate surface area is 159 Å². The summed E-state index contributed by atoms with van der Waals surface area (Å²) in [6.07, 6.45) is -3.98. The number of nitrogens with one attached hydrogen (secondary N) is 1. The predicted octanol–water partition coefficient (Wildman–Crippen LogP) is 4.91. The Balaban J connectivity index is 2.21. The van der Waals surface area contributed by atoms with Crippen molar-refractivity contribution in [3.8, 4) is 0 Å². The number of carbonyl (C=O) groups excluding carboxylic acids is 2. The zero-order chi connectivity index (χ0) is 20.2. The number of carbonyl (C=O) groups is 2. The molecule has 2 rings (SSSR count). The molecule has 0 unspecified atom stereocenters. The van der Waals surface area contributed by atoms with Crippen molar-refractivity contribution in [2.75, 3.05) is 16.8 Å². The van der Waals surface area contributed by atoms with E-state index in [1.165, 1.54) is 17.9 Å². The molecule has 0 spiro atoms. The highest BCUT2D eigenvalue weighted by atomic mass is 35.5. The largest absolute Gasteiger partial charge is 0.417 e. The van der Waals surface area contributed by atoms with Gasteiger partial charge in [-0.3, -0.25) is 9.59 Å². The number of anilines is 2. The summed E-state index contributed by atoms with van der Waals surface area (Å²) in [6, 6.07) is 10.2. The molecule has 0 bridgehead atoms. The topological polar surface area (TPSA) is 49.4 Å². The number of para-hydroxylation sites is 1. The van der Waals surface area contributed by atoms with Gasteiger partial charge in [0, 0.05) is 18.3 Å². The molecule has 0 fully saturated rings. The van der Waals surface area contributed by atoms with Gasteiger partial charge in [0.2, 0.25) is 11.8 Å². The Morgan fingerprint density at radius 1 is 1.15 bits per heavy atom. The van der Waals surface area contributed by atoms with Crippen molar-refractivity contribution in [3.05, 3.63) is 58.6 Å². The molecule has 2 aromatic carbocycles. The molecule has 144 valence electrons. The van der Waals surface area contributed by atoms with Crippen LogP contribution >= 0.6 is 11.6 Å². The summed E-state index contributed by atoms with van der Waals surface area (Å²) in [4.78, 5) is 25.6. The fraction of sp³-hybridized carbons (Fsp3) is 0.263. The Kier molecular flexibility index (Phi) is 6.49. The normalized spacial score (nSPS) is 11.2. The number of halogens is 4. The van der Waals surface area contributed by atoms with Crippen LogP contribution in [0.3, 0.4) is 0 Å². The van der Waals surface area contributed by atoms with Gasteiger partial charge in [-0.05, 0) is 36.2 Å². The van der Waals surface area contributed by atoms with Gasteiger partial charge in [-0.25, -0.2) is 0 Å². The van der Waals surface area contributed by atoms with Crippen LogP contribution in [0.1, 0.15) is 25.0 Å². The molecule has 0 aromatic heterocycles. The quantitative estimate of drug-likeness (QED) is 0.777. The molecule has 0 saturated carbocycles. The monoisotopic (exact) mass is 398 g/mol. The van der Waals surface area contributed by atoms with E-state index in [0.717, 1.165) is 17.7 Å². The van der Waals surface area contributed by atoms with Crippen molar-refractivity contribution in [2.45, 2.75) is 26.4 Å². The van der Waals surface area contributed by atoms with Gasteiger partial charge in [0.1, 0.15) is 6.54 Å². The smallest absolute Gasteiger partial charge is 0.325 e. The molecule has 0 atom stereocenters. The highest BCUT2D eigenvalue weighted by molar-refractivity contribution is 6.31. The van der Waals surface area contributed by atoms with E-state index < -0.39 is 22.7 Å². The summed E-state index contributed by atoms with van der Waals surface area (Å²) in [5.41, 5.74) is 0.381. The van der Waals surface area contributed by atoms with E-state index in [0.29, 0.717) is 12.1 Å². The van der Waals surface area contributed by atoms with Crippen LogP contribution in [0.2, 0.25) is 5.02 Å². The number of amides is 2. The first-order chi connectivity index (χ1) is 12.6. The lowest BCUT2D eigenvalue weighted by atomic mass is 10.1. The van der Waals surface area contributed by atoms with Crippen LogP contribution in [0.15, 0.2) is 42.5 Å². The minimum atomic E-state index is -4.64. The predicted molar refractivity (Wildman–Crippen MR) is 98.9 cm³/mol. The third-order valence-electron chi connectivity index (χ3n) is 3.90. The fourth-order valence-electron chi connectivity index (χ4n) is 2.60. The van der Waals surface area contributed by atoms with Crippen molar-refractivity contribution in [3.63, 3.8) is 0 Å². The van der Waals surface area contributed by atoms with Crippen LogP contribution in [0.5, 0.6) is 0 Å². The van der Waals surface area contributed by atoms with Crippen molar-refractivity contribution in [1.82, 2.24) is 0 Å². The first-order valence-corrected chi connectivity index (χ1v) is 8.54. The van der Waals surface area contributed by atoms with Crippen molar-refractivity contribution < 1.29 is 22.8 Å². The van der Waals surface area contributed by atoms with Crippen LogP contribution in [0.4, 0.5) is 24.5 Å². The number of hydrogen-bond acceptors (Lipinski definition) is 2. The van der Waals surface area contributed by atoms with Crippen LogP contribution < -0.4 is 10.2 Å². The van der Waals surface area contributed by atoms with Crippen LogP contribution in [0, 0.1) is 0 Å². The van der Waals surface area contributed by atoms with Gasteiger partial charge in [0.05, 0.1) is 10.6 Å². The third-order valence-corrected chi connectivity index (χ3v) is 4.23. The van der Waals surface area contributed by atoms with E-state index in [1.807, 2.05) is 19.1 Å². The molecule has 8 heteroatoms. The molecule has 0 heterocycles. The Bertz CT molecular complexity index is 853. The molecule has 27 heavy (non-hydrogen) atoms. The first kappa shape index (κ1) is 20.8. The zero-order valence-corrected chi connectivity index (χ0v) is 15.5. The van der Waals surface area contributed by atoms with E-state index in [-0.39, 0.29) is 18.1 Å². The second kappa shape index (κ2) is 8.43. The molecular weight excluding hydrogens is 381 g/mol. The maximum absolute atomic E-state index is 12.9. The molecule has 0 aliphatic rings. The number of aryl methyl sites for hydroxylation is 1. The summed E-state index contributed by atoms with van der Waals surface area (Å²) in [5.74, 6) is -0.968. The first-order valence-electron chi connectivity index (χ1n) is 8.16. The van der Waals surface area contributed by atoms with Gasteiger partial charge in [0.15, 0.2) is 0 Å². The molecule has 0 saturated heterocycles. The zero-order valence-electron chi connectivity index (χ0n) is 14.7. The van der Waals surface area contributed by atoms with Gasteiger partial charge in [-0.1, -0.05) is 36.7 Å². The van der Waals surface area contributed by atoms with Gasteiger partial charge >= 0.3 is 6.18 Å². The second-order valence-corrected chi connectivity index (χ2v) is 6.24. The molecular formula is C19H18ClF3N2O2. The standard InChI is InChI=1S/C19H18ClF3N2O2/c1-3-13-6-4-5-7-17(13)25(12(2)26)11-18(27)24-14-8-9-16(20)15(10-14)19(21,22)23/h4-10H,3,11H2,1-2H3,(H,24,27). The van der Waals surface area contributed by atoms with Gasteiger partial charge in [-0.15, -0.1) is 0 Å². The maximum atomic E-state index is 12.9. The third kappa shape index (κ3) is 5.23. The van der Waals surface area contributed by atoms with E-state index >= 15 is 0 Å². The van der Waals surface area contributed by atoms with Crippen molar-refractivity contribution >= 4 is 34.8 Å². The number of rotatable bonds is 5. The summed E-state index contributed by atoms with van der Waals surface area (Å²) in [6.45, 7) is 2.92. The number of benzene rings is 2. The highest BCUT2D eigenvalue weighted by Gasteiger charge is 2.33. The summed E-state index contributed by atoms with van der Waals surface area (Å²) in [7, 11) is 0. The average molecular weight is 399 g/mol. The van der Waals surface area contributed by atoms with Gasteiger partial charge in [0.25, 0.3) is 0 Å². The Morgan fingerprint density at radius 3 is 2.41 bits per heavy atom. The lowest BCUT2D eigenvalue weighted by molar-refractivity contribution is -0.137. The Hall–Kier alpha value is -2.54. The number of alkyl halides is 3. The lowest BCUT2D eigenvalue weighted by Gasteiger charge is -2.23. The minimum Gasteiger partial charge on any atom is -0.325 e. The average Bonchev–Trinajstić information content (AvgIpc) is 2.60. The SMILES string of the molecule is CCc1ccccc1N(CC(=O)Nc1ccc(Cl)c(C(F)(F)F)c1)C(C)=O. The Morgan fingerprint density at radius 2 is 1.81 bits per heavy atom. The molecule has 1 N–H and O–H groups in total. The summed E-state index contributed by atoms with van der Waals surface area (Å²) < 4.78 is 38.8. The van der Waals surface area contributed by atoms with E-state index in [4.69, 9.17) is 11.6 Å². The van der Waals surface area contributed by atoms with Gasteiger partial charge < -0.3 is 10.2 Å². The van der Waals surface area contributed by atoms with Gasteiger partial charge in [-0.2, -0.15) is 13.2 Å². The molecule has 2 amide bonds. The molecule has 4 nitrogen and oxygen atoms in total. The number of hydrogen-bond donors (Lipinski definition) is 1. The van der Waals surface area contributed by atoms with E-state index in [2.05, 4.69) is 5.32 Å². The lowest BCUT2D eigenvalue weighted by Crippen LogP contribution is -2.37. The van der Waals surface area contributed by atoms with Crippen LogP contribution in [-0.2, 0) is 22.2 Å². The summed E-state index contributed by atoms with van der Waals surface area (Å²) in [5, 5.41) is 1.93. The van der Waals surface area contributed by atoms with E-state index in [9.17, 15) is 22.8 Å². The minimum absolute atomic E-state index is 0.0518. The molecule has 0 radical (unpaired) electrons. The second-order valence-electron chi connectivity index (χ2n) is 5.83. The van der Waals surface area contributed by atoms with Crippen molar-refractivity contribution in [1.29, 1.82) is 0 Å². The fourth-order valence-corrected chi connectivity index (χ4v) is 2.83. The molecule has 0 aliphatic carbocycles. The summed E-state index contributed by atoms with van der Waals surface area (Å²) >= 11 is 5.57.